The number of hydrogen-bond acceptors (Lipinski definition) is 3. The summed E-state index contributed by atoms with van der Waals surface area (Å²) in [5, 5.41) is 15.2. The summed E-state index contributed by atoms with van der Waals surface area (Å²) in [4.78, 5) is 11.3. The molecule has 0 unspecified atom stereocenters. The van der Waals surface area contributed by atoms with Gasteiger partial charge in [-0.3, -0.25) is 10.1 Å². The van der Waals surface area contributed by atoms with Gasteiger partial charge in [0.2, 0.25) is 5.91 Å². The highest BCUT2D eigenvalue weighted by atomic mass is 16.3. The van der Waals surface area contributed by atoms with Gasteiger partial charge in [0.25, 0.3) is 0 Å². The molecule has 4 heteroatoms. The Labute approximate surface area is 92.4 Å². The minimum Gasteiger partial charge on any atom is -0.379 e. The van der Waals surface area contributed by atoms with Gasteiger partial charge in [-0.2, -0.15) is 0 Å². The fraction of sp³-hybridized carbons (Fsp3) is 0.909. The van der Waals surface area contributed by atoms with E-state index in [9.17, 15) is 9.90 Å². The van der Waals surface area contributed by atoms with Crippen molar-refractivity contribution in [2.45, 2.75) is 58.7 Å². The number of carbonyl (C=O) groups is 1. The Morgan fingerprint density at radius 2 is 2.07 bits per heavy atom. The molecule has 0 aliphatic rings. The maximum Gasteiger partial charge on any atom is 0.220 e. The normalized spacial score (nSPS) is 12.9. The van der Waals surface area contributed by atoms with Crippen LogP contribution in [0.3, 0.4) is 0 Å². The maximum absolute atomic E-state index is 11.3. The molecular formula is C11H24N2O2. The lowest BCUT2D eigenvalue weighted by Crippen LogP contribution is -2.35. The van der Waals surface area contributed by atoms with Gasteiger partial charge in [-0.15, -0.1) is 0 Å². The second-order valence-corrected chi connectivity index (χ2v) is 4.08. The van der Waals surface area contributed by atoms with Crippen molar-refractivity contribution in [3.8, 4) is 0 Å². The van der Waals surface area contributed by atoms with Gasteiger partial charge in [0, 0.05) is 19.0 Å². The summed E-state index contributed by atoms with van der Waals surface area (Å²) in [6, 6.07) is 0.239. The Hall–Kier alpha value is -0.610. The SMILES string of the molecule is CCCCNC(=O)CC[C@@H](O)NC(C)C. The van der Waals surface area contributed by atoms with Gasteiger partial charge in [0.1, 0.15) is 6.23 Å². The van der Waals surface area contributed by atoms with Crippen LogP contribution in [0.4, 0.5) is 0 Å². The summed E-state index contributed by atoms with van der Waals surface area (Å²) in [6.45, 7) is 6.75. The molecule has 1 amide bonds. The second kappa shape index (κ2) is 8.68. The summed E-state index contributed by atoms with van der Waals surface area (Å²) in [6.07, 6.45) is 2.36. The summed E-state index contributed by atoms with van der Waals surface area (Å²) < 4.78 is 0. The van der Waals surface area contributed by atoms with Crippen LogP contribution in [0.2, 0.25) is 0 Å². The van der Waals surface area contributed by atoms with Crippen LogP contribution in [-0.4, -0.2) is 29.8 Å². The summed E-state index contributed by atoms with van der Waals surface area (Å²) in [7, 11) is 0. The number of amides is 1. The molecular weight excluding hydrogens is 192 g/mol. The predicted octanol–water partition coefficient (Wildman–Crippen LogP) is 0.999. The molecule has 0 spiro atoms. The highest BCUT2D eigenvalue weighted by molar-refractivity contribution is 5.75. The molecule has 0 aliphatic heterocycles. The lowest BCUT2D eigenvalue weighted by molar-refractivity contribution is -0.121. The van der Waals surface area contributed by atoms with Crippen molar-refractivity contribution >= 4 is 5.91 Å². The molecule has 4 nitrogen and oxygen atoms in total. The first-order chi connectivity index (χ1) is 7.06. The first kappa shape index (κ1) is 14.4. The molecule has 0 radical (unpaired) electrons. The Morgan fingerprint density at radius 1 is 1.40 bits per heavy atom. The molecule has 0 aromatic rings. The van der Waals surface area contributed by atoms with Crippen molar-refractivity contribution in [2.24, 2.45) is 0 Å². The highest BCUT2D eigenvalue weighted by Crippen LogP contribution is 1.96. The van der Waals surface area contributed by atoms with Crippen molar-refractivity contribution < 1.29 is 9.90 Å². The molecule has 1 atom stereocenters. The van der Waals surface area contributed by atoms with E-state index in [0.29, 0.717) is 12.8 Å². The molecule has 0 aromatic heterocycles. The van der Waals surface area contributed by atoms with Crippen LogP contribution < -0.4 is 10.6 Å². The molecule has 0 heterocycles. The molecule has 0 fully saturated rings. The molecule has 0 bridgehead atoms. The maximum atomic E-state index is 11.3. The average Bonchev–Trinajstić information content (AvgIpc) is 2.14. The van der Waals surface area contributed by atoms with Crippen LogP contribution in [0.25, 0.3) is 0 Å². The third kappa shape index (κ3) is 9.69. The van der Waals surface area contributed by atoms with E-state index >= 15 is 0 Å². The predicted molar refractivity (Wildman–Crippen MR) is 61.4 cm³/mol. The minimum absolute atomic E-state index is 0.0213. The Kier molecular flexibility index (Phi) is 8.33. The lowest BCUT2D eigenvalue weighted by Gasteiger charge is -2.15. The van der Waals surface area contributed by atoms with Crippen LogP contribution in [0.5, 0.6) is 0 Å². The summed E-state index contributed by atoms with van der Waals surface area (Å²) >= 11 is 0. The minimum atomic E-state index is -0.582. The lowest BCUT2D eigenvalue weighted by atomic mass is 10.2. The number of rotatable bonds is 8. The van der Waals surface area contributed by atoms with Crippen molar-refractivity contribution in [3.05, 3.63) is 0 Å². The van der Waals surface area contributed by atoms with Crippen molar-refractivity contribution in [3.63, 3.8) is 0 Å². The third-order valence-corrected chi connectivity index (χ3v) is 2.02. The smallest absolute Gasteiger partial charge is 0.220 e. The number of hydrogen-bond donors (Lipinski definition) is 3. The van der Waals surface area contributed by atoms with Gasteiger partial charge in [-0.25, -0.2) is 0 Å². The Balaban J connectivity index is 3.44. The van der Waals surface area contributed by atoms with Crippen LogP contribution in [-0.2, 0) is 4.79 Å². The third-order valence-electron chi connectivity index (χ3n) is 2.02. The zero-order valence-electron chi connectivity index (χ0n) is 10.0. The van der Waals surface area contributed by atoms with E-state index in [1.165, 1.54) is 0 Å². The second-order valence-electron chi connectivity index (χ2n) is 4.08. The zero-order chi connectivity index (χ0) is 11.7. The van der Waals surface area contributed by atoms with Gasteiger partial charge in [0.15, 0.2) is 0 Å². The first-order valence-electron chi connectivity index (χ1n) is 5.77. The van der Waals surface area contributed by atoms with Gasteiger partial charge < -0.3 is 10.4 Å². The largest absolute Gasteiger partial charge is 0.379 e. The van der Waals surface area contributed by atoms with Gasteiger partial charge in [0.05, 0.1) is 0 Å². The number of aliphatic hydroxyl groups is 1. The molecule has 0 saturated carbocycles. The molecule has 15 heavy (non-hydrogen) atoms. The molecule has 0 rings (SSSR count). The number of aliphatic hydroxyl groups excluding tert-OH is 1. The van der Waals surface area contributed by atoms with E-state index in [2.05, 4.69) is 17.6 Å². The van der Waals surface area contributed by atoms with E-state index in [1.807, 2.05) is 13.8 Å². The fourth-order valence-corrected chi connectivity index (χ4v) is 1.23. The van der Waals surface area contributed by atoms with E-state index < -0.39 is 6.23 Å². The summed E-state index contributed by atoms with van der Waals surface area (Å²) in [5.74, 6) is 0.0213. The summed E-state index contributed by atoms with van der Waals surface area (Å²) in [5.41, 5.74) is 0. The number of unbranched alkanes of at least 4 members (excludes halogenated alkanes) is 1. The van der Waals surface area contributed by atoms with Crippen molar-refractivity contribution in [1.29, 1.82) is 0 Å². The highest BCUT2D eigenvalue weighted by Gasteiger charge is 2.08. The van der Waals surface area contributed by atoms with Gasteiger partial charge in [-0.1, -0.05) is 13.3 Å². The topological polar surface area (TPSA) is 61.4 Å². The number of carbonyl (C=O) groups excluding carboxylic acids is 1. The van der Waals surface area contributed by atoms with Crippen LogP contribution >= 0.6 is 0 Å². The van der Waals surface area contributed by atoms with Crippen LogP contribution in [0.1, 0.15) is 46.5 Å². The molecule has 0 aromatic carbocycles. The van der Waals surface area contributed by atoms with Crippen LogP contribution in [0.15, 0.2) is 0 Å². The molecule has 0 saturated heterocycles. The molecule has 3 N–H and O–H groups in total. The van der Waals surface area contributed by atoms with E-state index in [0.717, 1.165) is 19.4 Å². The van der Waals surface area contributed by atoms with Crippen LogP contribution in [0, 0.1) is 0 Å². The molecule has 0 aliphatic carbocycles. The first-order valence-corrected chi connectivity index (χ1v) is 5.77. The quantitative estimate of drug-likeness (QED) is 0.419. The van der Waals surface area contributed by atoms with E-state index in [4.69, 9.17) is 0 Å². The molecule has 90 valence electrons. The van der Waals surface area contributed by atoms with Gasteiger partial charge >= 0.3 is 0 Å². The fourth-order valence-electron chi connectivity index (χ4n) is 1.23. The van der Waals surface area contributed by atoms with E-state index in [1.54, 1.807) is 0 Å². The Morgan fingerprint density at radius 3 is 2.60 bits per heavy atom. The van der Waals surface area contributed by atoms with Crippen molar-refractivity contribution in [1.82, 2.24) is 10.6 Å². The Bertz CT molecular complexity index is 172. The zero-order valence-corrected chi connectivity index (χ0v) is 10.0. The monoisotopic (exact) mass is 216 g/mol. The van der Waals surface area contributed by atoms with Gasteiger partial charge in [-0.05, 0) is 26.7 Å². The standard InChI is InChI=1S/C11H24N2O2/c1-4-5-8-12-10(14)6-7-11(15)13-9(2)3/h9,11,13,15H,4-8H2,1-3H3,(H,12,14)/t11-/m1/s1. The van der Waals surface area contributed by atoms with E-state index in [-0.39, 0.29) is 11.9 Å². The number of nitrogens with one attached hydrogen (secondary N) is 2. The average molecular weight is 216 g/mol. The van der Waals surface area contributed by atoms with Crippen molar-refractivity contribution in [2.75, 3.05) is 6.54 Å².